The number of hydrogen-bond acceptors (Lipinski definition) is 5. The molecule has 1 heterocycles. The Bertz CT molecular complexity index is 1240. The molecule has 31 heavy (non-hydrogen) atoms. The van der Waals surface area contributed by atoms with Crippen molar-refractivity contribution < 1.29 is 17.6 Å². The molecular formula is C20H21FN4O3S3. The number of halogens is 1. The third-order valence-corrected chi connectivity index (χ3v) is 7.37. The van der Waals surface area contributed by atoms with Crippen LogP contribution in [0.2, 0.25) is 0 Å². The molecule has 3 aromatic rings. The summed E-state index contributed by atoms with van der Waals surface area (Å²) < 4.78 is 40.9. The topological polar surface area (TPSA) is 113 Å². The van der Waals surface area contributed by atoms with Crippen molar-refractivity contribution in [3.63, 3.8) is 0 Å². The van der Waals surface area contributed by atoms with E-state index < -0.39 is 27.3 Å². The van der Waals surface area contributed by atoms with E-state index in [0.717, 1.165) is 10.1 Å². The molecule has 11 heteroatoms. The summed E-state index contributed by atoms with van der Waals surface area (Å²) in [6.07, 6.45) is 0. The van der Waals surface area contributed by atoms with Crippen LogP contribution in [0.15, 0.2) is 47.8 Å². The lowest BCUT2D eigenvalue weighted by molar-refractivity contribution is 0.102. The number of nitrogens with one attached hydrogen (secondary N) is 3. The average molecular weight is 481 g/mol. The first kappa shape index (κ1) is 23.1. The fourth-order valence-corrected chi connectivity index (χ4v) is 5.68. The molecule has 1 unspecified atom stereocenters. The van der Waals surface area contributed by atoms with Gasteiger partial charge in [0, 0.05) is 21.3 Å². The fourth-order valence-electron chi connectivity index (χ4n) is 3.24. The number of thiocarbonyl (C=S) groups is 1. The fraction of sp³-hybridized carbons (Fsp3) is 0.200. The smallest absolute Gasteiger partial charge is 0.255 e. The van der Waals surface area contributed by atoms with Crippen LogP contribution in [0.4, 0.5) is 10.1 Å². The Morgan fingerprint density at radius 1 is 1.23 bits per heavy atom. The molecule has 0 bridgehead atoms. The van der Waals surface area contributed by atoms with E-state index in [9.17, 15) is 17.6 Å². The molecule has 1 amide bonds. The van der Waals surface area contributed by atoms with Crippen molar-refractivity contribution in [3.05, 3.63) is 64.8 Å². The molecule has 0 aliphatic rings. The monoisotopic (exact) mass is 480 g/mol. The van der Waals surface area contributed by atoms with E-state index in [-0.39, 0.29) is 10.9 Å². The number of sulfonamides is 1. The van der Waals surface area contributed by atoms with Crippen molar-refractivity contribution in [2.45, 2.75) is 12.5 Å². The summed E-state index contributed by atoms with van der Waals surface area (Å²) in [5.41, 5.74) is 6.08. The molecule has 0 saturated carbocycles. The Labute approximate surface area is 188 Å². The first-order chi connectivity index (χ1) is 14.5. The van der Waals surface area contributed by atoms with Gasteiger partial charge in [0.15, 0.2) is 5.11 Å². The van der Waals surface area contributed by atoms with Crippen LogP contribution in [0.5, 0.6) is 0 Å². The number of anilines is 1. The van der Waals surface area contributed by atoms with Crippen molar-refractivity contribution in [1.29, 1.82) is 0 Å². The van der Waals surface area contributed by atoms with E-state index in [4.69, 9.17) is 18.0 Å². The third kappa shape index (κ3) is 5.37. The summed E-state index contributed by atoms with van der Waals surface area (Å²) in [7, 11) is -2.27. The Morgan fingerprint density at radius 3 is 2.52 bits per heavy atom. The van der Waals surface area contributed by atoms with Gasteiger partial charge in [0.1, 0.15) is 5.82 Å². The Morgan fingerprint density at radius 2 is 1.90 bits per heavy atom. The maximum atomic E-state index is 13.1. The zero-order valence-corrected chi connectivity index (χ0v) is 19.2. The number of thiophene rings is 1. The van der Waals surface area contributed by atoms with Crippen LogP contribution in [0.1, 0.15) is 22.8 Å². The van der Waals surface area contributed by atoms with Gasteiger partial charge in [-0.25, -0.2) is 17.5 Å². The van der Waals surface area contributed by atoms with Gasteiger partial charge in [-0.05, 0) is 79.6 Å². The van der Waals surface area contributed by atoms with Crippen molar-refractivity contribution >= 4 is 60.4 Å². The quantitative estimate of drug-likeness (QED) is 0.387. The summed E-state index contributed by atoms with van der Waals surface area (Å²) in [6, 6.07) is 10.5. The number of hydrogen-bond donors (Lipinski definition) is 4. The predicted octanol–water partition coefficient (Wildman–Crippen LogP) is 2.89. The molecule has 0 fully saturated rings. The number of rotatable bonds is 7. The summed E-state index contributed by atoms with van der Waals surface area (Å²) in [5.74, 6) is -1.12. The van der Waals surface area contributed by atoms with E-state index in [1.165, 1.54) is 42.6 Å². The van der Waals surface area contributed by atoms with Gasteiger partial charge in [0.05, 0.1) is 11.3 Å². The second kappa shape index (κ2) is 8.87. The molecule has 0 spiro atoms. The molecule has 164 valence electrons. The van der Waals surface area contributed by atoms with Crippen LogP contribution >= 0.6 is 23.6 Å². The van der Waals surface area contributed by atoms with Gasteiger partial charge in [0.25, 0.3) is 5.91 Å². The van der Waals surface area contributed by atoms with E-state index in [1.807, 2.05) is 11.4 Å². The highest BCUT2D eigenvalue weighted by Crippen LogP contribution is 2.36. The minimum Gasteiger partial charge on any atom is -0.376 e. The van der Waals surface area contributed by atoms with Crippen molar-refractivity contribution in [2.24, 2.45) is 5.73 Å². The van der Waals surface area contributed by atoms with Crippen molar-refractivity contribution in [1.82, 2.24) is 10.0 Å². The lowest BCUT2D eigenvalue weighted by Gasteiger charge is -2.31. The number of amides is 1. The second-order valence-corrected chi connectivity index (χ2v) is 10.4. The number of carbonyl (C=O) groups is 1. The van der Waals surface area contributed by atoms with Crippen LogP contribution in [-0.2, 0) is 15.6 Å². The Hall–Kier alpha value is -2.60. The normalized spacial score (nSPS) is 13.5. The average Bonchev–Trinajstić information content (AvgIpc) is 3.11. The molecule has 0 saturated heterocycles. The summed E-state index contributed by atoms with van der Waals surface area (Å²) in [6.45, 7) is 1.70. The van der Waals surface area contributed by atoms with Gasteiger partial charge >= 0.3 is 0 Å². The predicted molar refractivity (Wildman–Crippen MR) is 126 cm³/mol. The lowest BCUT2D eigenvalue weighted by Crippen LogP contribution is -2.51. The zero-order valence-electron chi connectivity index (χ0n) is 16.7. The number of benzene rings is 2. The SMILES string of the molecule is CNS(=O)(=O)CC(C)(NC(N)=S)c1csc2ccc(NC(=O)c3ccc(F)cc3)cc12. The maximum Gasteiger partial charge on any atom is 0.255 e. The van der Waals surface area contributed by atoms with Crippen LogP contribution in [-0.4, -0.2) is 32.2 Å². The van der Waals surface area contributed by atoms with Crippen molar-refractivity contribution in [3.8, 4) is 0 Å². The second-order valence-electron chi connectivity index (χ2n) is 7.11. The van der Waals surface area contributed by atoms with Crippen LogP contribution in [0.3, 0.4) is 0 Å². The van der Waals surface area contributed by atoms with Gasteiger partial charge in [-0.1, -0.05) is 0 Å². The zero-order chi connectivity index (χ0) is 22.8. The molecule has 5 N–H and O–H groups in total. The summed E-state index contributed by atoms with van der Waals surface area (Å²) in [5, 5.41) is 8.24. The number of fused-ring (bicyclic) bond motifs is 1. The molecule has 1 atom stereocenters. The molecule has 7 nitrogen and oxygen atoms in total. The maximum absolute atomic E-state index is 13.1. The van der Waals surface area contributed by atoms with Crippen LogP contribution in [0, 0.1) is 5.82 Å². The van der Waals surface area contributed by atoms with Crippen LogP contribution in [0.25, 0.3) is 10.1 Å². The summed E-state index contributed by atoms with van der Waals surface area (Å²) in [4.78, 5) is 12.5. The van der Waals surface area contributed by atoms with E-state index >= 15 is 0 Å². The highest BCUT2D eigenvalue weighted by Gasteiger charge is 2.35. The van der Waals surface area contributed by atoms with E-state index in [2.05, 4.69) is 15.4 Å². The molecule has 0 radical (unpaired) electrons. The standard InChI is InChI=1S/C20H21FN4O3S3/c1-20(25-19(22)29,11-31(27,28)23-2)16-10-30-17-8-7-14(9-15(16)17)24-18(26)12-3-5-13(21)6-4-12/h3-10,23H,11H2,1-2H3,(H,24,26)(H3,22,25,29). The van der Waals surface area contributed by atoms with E-state index in [1.54, 1.807) is 19.1 Å². The Balaban J connectivity index is 2.00. The van der Waals surface area contributed by atoms with Gasteiger partial charge in [-0.2, -0.15) is 0 Å². The minimum atomic E-state index is -3.61. The minimum absolute atomic E-state index is 0.0334. The van der Waals surface area contributed by atoms with Crippen molar-refractivity contribution in [2.75, 3.05) is 18.1 Å². The first-order valence-electron chi connectivity index (χ1n) is 9.10. The lowest BCUT2D eigenvalue weighted by atomic mass is 9.93. The number of nitrogens with two attached hydrogens (primary N) is 1. The molecule has 1 aromatic heterocycles. The van der Waals surface area contributed by atoms with Gasteiger partial charge in [-0.3, -0.25) is 4.79 Å². The molecule has 0 aliphatic carbocycles. The number of carbonyl (C=O) groups excluding carboxylic acids is 1. The molecule has 0 aliphatic heterocycles. The van der Waals surface area contributed by atoms with Crippen LogP contribution < -0.4 is 21.1 Å². The van der Waals surface area contributed by atoms with Gasteiger partial charge in [-0.15, -0.1) is 11.3 Å². The molecular weight excluding hydrogens is 459 g/mol. The highest BCUT2D eigenvalue weighted by molar-refractivity contribution is 7.89. The van der Waals surface area contributed by atoms with E-state index in [0.29, 0.717) is 16.8 Å². The first-order valence-corrected chi connectivity index (χ1v) is 12.0. The van der Waals surface area contributed by atoms with Gasteiger partial charge in [0.2, 0.25) is 10.0 Å². The third-order valence-electron chi connectivity index (χ3n) is 4.72. The molecule has 2 aromatic carbocycles. The van der Waals surface area contributed by atoms with Gasteiger partial charge < -0.3 is 16.4 Å². The summed E-state index contributed by atoms with van der Waals surface area (Å²) >= 11 is 6.42. The highest BCUT2D eigenvalue weighted by atomic mass is 32.2. The largest absolute Gasteiger partial charge is 0.376 e. The molecule has 3 rings (SSSR count). The Kier molecular flexibility index (Phi) is 6.60.